The molecule has 2 amide bonds. The molecule has 1 fully saturated rings. The van der Waals surface area contributed by atoms with Gasteiger partial charge in [-0.2, -0.15) is 13.6 Å². The zero-order chi connectivity index (χ0) is 26.0. The van der Waals surface area contributed by atoms with E-state index in [-0.39, 0.29) is 29.4 Å². The second kappa shape index (κ2) is 10.6. The highest BCUT2D eigenvalue weighted by Gasteiger charge is 2.55. The first-order valence-corrected chi connectivity index (χ1v) is 13.9. The summed E-state index contributed by atoms with van der Waals surface area (Å²) in [4.78, 5) is 38.8. The van der Waals surface area contributed by atoms with Crippen LogP contribution in [0.15, 0.2) is 40.7 Å². The summed E-state index contributed by atoms with van der Waals surface area (Å²) in [7, 11) is -4.53. The van der Waals surface area contributed by atoms with E-state index < -0.39 is 56.0 Å². The van der Waals surface area contributed by atoms with Crippen molar-refractivity contribution in [3.63, 3.8) is 0 Å². The van der Waals surface area contributed by atoms with Gasteiger partial charge in [0, 0.05) is 12.3 Å². The monoisotopic (exact) mass is 555 g/mol. The SMILES string of the molecule is NCc1ccccc1CC(=O)NC1C(=O)N2C(C(=O)O)=C(C(CS(=O)(=O)O)Sc3nn[nH]n3)CS[C@@H]12. The number of fused-ring (bicyclic) bond motifs is 1. The quantitative estimate of drug-likeness (QED) is 0.135. The summed E-state index contributed by atoms with van der Waals surface area (Å²) in [6.07, 6.45) is -0.000803. The Balaban J connectivity index is 1.55. The summed E-state index contributed by atoms with van der Waals surface area (Å²) >= 11 is 1.96. The fraction of sp³-hybridized carbons (Fsp3) is 0.368. The summed E-state index contributed by atoms with van der Waals surface area (Å²) in [6.45, 7) is 0.250. The van der Waals surface area contributed by atoms with E-state index in [9.17, 15) is 32.5 Å². The largest absolute Gasteiger partial charge is 0.477 e. The third-order valence-electron chi connectivity index (χ3n) is 5.53. The molecular weight excluding hydrogens is 534 g/mol. The highest BCUT2D eigenvalue weighted by Crippen LogP contribution is 2.43. The molecule has 1 aromatic carbocycles. The molecule has 1 saturated heterocycles. The molecule has 0 saturated carbocycles. The Morgan fingerprint density at radius 2 is 2.06 bits per heavy atom. The van der Waals surface area contributed by atoms with Gasteiger partial charge in [0.2, 0.25) is 11.1 Å². The van der Waals surface area contributed by atoms with Crippen molar-refractivity contribution >= 4 is 51.4 Å². The van der Waals surface area contributed by atoms with Gasteiger partial charge in [-0.3, -0.25) is 19.0 Å². The smallest absolute Gasteiger partial charge is 0.352 e. The van der Waals surface area contributed by atoms with E-state index in [0.717, 1.165) is 27.8 Å². The molecule has 0 bridgehead atoms. The number of thioether (sulfide) groups is 2. The lowest BCUT2D eigenvalue weighted by atomic mass is 10.0. The van der Waals surface area contributed by atoms with Gasteiger partial charge in [0.05, 0.1) is 17.4 Å². The van der Waals surface area contributed by atoms with Crippen LogP contribution in [-0.4, -0.2) is 89.6 Å². The minimum absolute atomic E-state index is 0.000803. The van der Waals surface area contributed by atoms with Crippen molar-refractivity contribution in [1.29, 1.82) is 0 Å². The Morgan fingerprint density at radius 3 is 2.67 bits per heavy atom. The number of carboxylic acids is 1. The second-order valence-corrected chi connectivity index (χ2v) is 11.6. The van der Waals surface area contributed by atoms with Gasteiger partial charge in [0.15, 0.2) is 0 Å². The summed E-state index contributed by atoms with van der Waals surface area (Å²) in [5, 5.41) is 23.9. The number of rotatable bonds is 10. The first-order valence-electron chi connectivity index (χ1n) is 10.4. The van der Waals surface area contributed by atoms with Crippen LogP contribution in [0.3, 0.4) is 0 Å². The molecule has 17 heteroatoms. The van der Waals surface area contributed by atoms with Crippen LogP contribution < -0.4 is 11.1 Å². The topological polar surface area (TPSA) is 222 Å². The predicted molar refractivity (Wildman–Crippen MR) is 128 cm³/mol. The molecule has 0 aliphatic carbocycles. The zero-order valence-corrected chi connectivity index (χ0v) is 20.8. The van der Waals surface area contributed by atoms with E-state index in [2.05, 4.69) is 25.9 Å². The number of aromatic amines is 1. The minimum atomic E-state index is -4.53. The van der Waals surface area contributed by atoms with Gasteiger partial charge in [0.1, 0.15) is 17.1 Å². The highest BCUT2D eigenvalue weighted by molar-refractivity contribution is 8.01. The van der Waals surface area contributed by atoms with E-state index in [1.54, 1.807) is 24.3 Å². The zero-order valence-electron chi connectivity index (χ0n) is 18.4. The standard InChI is InChI=1S/C19H21N7O7S3/c20-6-10-4-2-1-3-9(10)5-13(27)21-14-16(28)26-15(18(29)30)11(7-34-17(14)26)12(8-36(31,32)33)35-19-22-24-25-23-19/h1-4,12,14,17H,5-8,20H2,(H,21,27)(H,29,30)(H,31,32,33)(H,22,23,24,25)/t12?,14?,17-/m0/s1. The molecule has 2 unspecified atom stereocenters. The van der Waals surface area contributed by atoms with E-state index in [1.807, 2.05) is 0 Å². The van der Waals surface area contributed by atoms with Gasteiger partial charge in [-0.15, -0.1) is 22.0 Å². The average Bonchev–Trinajstić information content (AvgIpc) is 3.33. The van der Waals surface area contributed by atoms with E-state index in [4.69, 9.17) is 5.73 Å². The Labute approximate surface area is 213 Å². The highest BCUT2D eigenvalue weighted by atomic mass is 32.2. The lowest BCUT2D eigenvalue weighted by molar-refractivity contribution is -0.150. The van der Waals surface area contributed by atoms with Gasteiger partial charge >= 0.3 is 5.97 Å². The Hall–Kier alpha value is -2.99. The lowest BCUT2D eigenvalue weighted by Gasteiger charge is -2.50. The van der Waals surface area contributed by atoms with Crippen molar-refractivity contribution in [3.05, 3.63) is 46.7 Å². The Bertz CT molecular complexity index is 1320. The van der Waals surface area contributed by atoms with Crippen molar-refractivity contribution < 1.29 is 32.5 Å². The summed E-state index contributed by atoms with van der Waals surface area (Å²) in [5.74, 6) is -3.30. The van der Waals surface area contributed by atoms with Crippen molar-refractivity contribution in [2.24, 2.45) is 5.73 Å². The number of aliphatic carboxylic acids is 1. The number of tetrazole rings is 1. The molecule has 2 aliphatic heterocycles. The molecule has 4 rings (SSSR count). The maximum Gasteiger partial charge on any atom is 0.352 e. The maximum atomic E-state index is 13.0. The second-order valence-electron chi connectivity index (χ2n) is 7.83. The number of H-pyrrole nitrogens is 1. The van der Waals surface area contributed by atoms with Crippen LogP contribution in [0.1, 0.15) is 11.1 Å². The minimum Gasteiger partial charge on any atom is -0.477 e. The third-order valence-corrected chi connectivity index (χ3v) is 8.92. The molecule has 36 heavy (non-hydrogen) atoms. The normalized spacial score (nSPS) is 20.5. The number of nitrogens with one attached hydrogen (secondary N) is 2. The van der Waals surface area contributed by atoms with Gasteiger partial charge < -0.3 is 16.2 Å². The number of amides is 2. The summed E-state index contributed by atoms with van der Waals surface area (Å²) < 4.78 is 32.7. The van der Waals surface area contributed by atoms with Gasteiger partial charge in [-0.05, 0) is 21.9 Å². The molecule has 2 aromatic rings. The van der Waals surface area contributed by atoms with Gasteiger partial charge in [0.25, 0.3) is 16.0 Å². The van der Waals surface area contributed by atoms with Crippen LogP contribution in [0.25, 0.3) is 0 Å². The number of carboxylic acid groups (broad SMARTS) is 1. The average molecular weight is 556 g/mol. The van der Waals surface area contributed by atoms with Crippen LogP contribution >= 0.6 is 23.5 Å². The number of nitrogens with zero attached hydrogens (tertiary/aromatic N) is 4. The molecule has 0 spiro atoms. The number of hydrogen-bond donors (Lipinski definition) is 5. The van der Waals surface area contributed by atoms with Crippen LogP contribution in [0.5, 0.6) is 0 Å². The molecular formula is C19H21N7O7S3. The molecule has 6 N–H and O–H groups in total. The number of benzene rings is 1. The number of carbonyl (C=O) groups excluding carboxylic acids is 2. The maximum absolute atomic E-state index is 13.0. The first kappa shape index (κ1) is 26.1. The van der Waals surface area contributed by atoms with Crippen molar-refractivity contribution in [3.8, 4) is 0 Å². The van der Waals surface area contributed by atoms with Gasteiger partial charge in [-0.1, -0.05) is 36.0 Å². The third kappa shape index (κ3) is 5.54. The number of β-lactam (4-membered cyclic amide) rings is 1. The Morgan fingerprint density at radius 1 is 1.33 bits per heavy atom. The molecule has 14 nitrogen and oxygen atoms in total. The number of nitrogens with two attached hydrogens (primary N) is 1. The Kier molecular flexibility index (Phi) is 7.65. The van der Waals surface area contributed by atoms with Crippen LogP contribution in [0.4, 0.5) is 0 Å². The van der Waals surface area contributed by atoms with Crippen LogP contribution in [-0.2, 0) is 37.5 Å². The lowest BCUT2D eigenvalue weighted by Crippen LogP contribution is -2.70. The van der Waals surface area contributed by atoms with Crippen molar-refractivity contribution in [1.82, 2.24) is 30.8 Å². The number of hydrogen-bond acceptors (Lipinski definition) is 11. The van der Waals surface area contributed by atoms with Crippen LogP contribution in [0.2, 0.25) is 0 Å². The fourth-order valence-corrected chi connectivity index (χ4v) is 7.62. The molecule has 2 aliphatic rings. The van der Waals surface area contributed by atoms with E-state index in [0.29, 0.717) is 0 Å². The molecule has 192 valence electrons. The first-order chi connectivity index (χ1) is 17.1. The van der Waals surface area contributed by atoms with Crippen molar-refractivity contribution in [2.75, 3.05) is 11.5 Å². The van der Waals surface area contributed by atoms with E-state index in [1.165, 1.54) is 11.8 Å². The fourth-order valence-electron chi connectivity index (χ4n) is 3.94. The van der Waals surface area contributed by atoms with Crippen LogP contribution in [0, 0.1) is 0 Å². The molecule has 3 atom stereocenters. The summed E-state index contributed by atoms with van der Waals surface area (Å²) in [5.41, 5.74) is 6.94. The van der Waals surface area contributed by atoms with E-state index >= 15 is 0 Å². The van der Waals surface area contributed by atoms with Crippen molar-refractivity contribution in [2.45, 2.75) is 34.8 Å². The summed E-state index contributed by atoms with van der Waals surface area (Å²) in [6, 6.07) is 6.19. The van der Waals surface area contributed by atoms with Gasteiger partial charge in [-0.25, -0.2) is 4.79 Å². The number of aromatic nitrogens is 4. The molecule has 1 aromatic heterocycles. The molecule has 0 radical (unpaired) electrons. The predicted octanol–water partition coefficient (Wildman–Crippen LogP) is -1.01. The molecule has 3 heterocycles. The number of carbonyl (C=O) groups is 3.